The smallest absolute Gasteiger partial charge is 0.191 e. The lowest BCUT2D eigenvalue weighted by molar-refractivity contribution is 0.629. The Morgan fingerprint density at radius 2 is 2.13 bits per heavy atom. The van der Waals surface area contributed by atoms with Gasteiger partial charge in [-0.2, -0.15) is 5.10 Å². The molecule has 1 saturated carbocycles. The maximum atomic E-state index is 4.72. The minimum atomic E-state index is 0.331. The lowest BCUT2D eigenvalue weighted by Gasteiger charge is -2.18. The van der Waals surface area contributed by atoms with Crippen LogP contribution in [0.4, 0.5) is 0 Å². The molecule has 1 fully saturated rings. The Morgan fingerprint density at radius 3 is 2.70 bits per heavy atom. The Hall–Kier alpha value is -1.52. The summed E-state index contributed by atoms with van der Waals surface area (Å²) in [6.45, 7) is 10.4. The first-order valence-electron chi connectivity index (χ1n) is 9.05. The van der Waals surface area contributed by atoms with Crippen LogP contribution >= 0.6 is 0 Å². The van der Waals surface area contributed by atoms with Gasteiger partial charge in [0.1, 0.15) is 0 Å². The molecular formula is C18H33N5. The molecule has 0 aromatic carbocycles. The normalized spacial score (nSPS) is 16.5. The Morgan fingerprint density at radius 1 is 1.39 bits per heavy atom. The Labute approximate surface area is 141 Å². The molecule has 0 aliphatic heterocycles. The number of nitrogens with one attached hydrogen (secondary N) is 2. The molecule has 1 aromatic heterocycles. The Bertz CT molecular complexity index is 528. The first-order valence-corrected chi connectivity index (χ1v) is 9.05. The van der Waals surface area contributed by atoms with Gasteiger partial charge in [0.05, 0.1) is 5.69 Å². The summed E-state index contributed by atoms with van der Waals surface area (Å²) in [5.74, 6) is 1.94. The topological polar surface area (TPSA) is 54.2 Å². The molecule has 5 nitrogen and oxygen atoms in total. The molecule has 0 saturated heterocycles. The summed E-state index contributed by atoms with van der Waals surface area (Å²) in [5.41, 5.74) is 3.73. The monoisotopic (exact) mass is 319 g/mol. The van der Waals surface area contributed by atoms with Crippen molar-refractivity contribution in [2.24, 2.45) is 18.0 Å². The fourth-order valence-corrected chi connectivity index (χ4v) is 3.00. The van der Waals surface area contributed by atoms with Gasteiger partial charge in [0.15, 0.2) is 5.96 Å². The van der Waals surface area contributed by atoms with Crippen molar-refractivity contribution in [3.8, 4) is 0 Å². The summed E-state index contributed by atoms with van der Waals surface area (Å²) in [7, 11) is 2.01. The summed E-state index contributed by atoms with van der Waals surface area (Å²) < 4.78 is 1.97. The van der Waals surface area contributed by atoms with Gasteiger partial charge in [-0.1, -0.05) is 12.8 Å². The number of hydrogen-bond donors (Lipinski definition) is 2. The van der Waals surface area contributed by atoms with E-state index in [9.17, 15) is 0 Å². The van der Waals surface area contributed by atoms with Crippen molar-refractivity contribution in [3.63, 3.8) is 0 Å². The molecule has 23 heavy (non-hydrogen) atoms. The summed E-state index contributed by atoms with van der Waals surface area (Å²) in [6.07, 6.45) is 6.38. The number of rotatable bonds is 8. The van der Waals surface area contributed by atoms with Gasteiger partial charge in [0, 0.05) is 31.9 Å². The first kappa shape index (κ1) is 17.8. The lowest BCUT2D eigenvalue weighted by atomic mass is 10.1. The van der Waals surface area contributed by atoms with Gasteiger partial charge in [-0.05, 0) is 58.4 Å². The molecule has 0 radical (unpaired) electrons. The van der Waals surface area contributed by atoms with Crippen molar-refractivity contribution in [3.05, 3.63) is 17.0 Å². The Kier molecular flexibility index (Phi) is 6.48. The van der Waals surface area contributed by atoms with E-state index in [4.69, 9.17) is 4.99 Å². The maximum Gasteiger partial charge on any atom is 0.191 e. The van der Waals surface area contributed by atoms with Gasteiger partial charge in [-0.25, -0.2) is 0 Å². The third-order valence-corrected chi connectivity index (χ3v) is 4.63. The molecule has 0 amide bonds. The number of nitrogens with zero attached hydrogens (tertiary/aromatic N) is 3. The second kappa shape index (κ2) is 8.37. The zero-order valence-corrected chi connectivity index (χ0v) is 15.4. The zero-order chi connectivity index (χ0) is 16.8. The number of aliphatic imine (C=N–C) groups is 1. The quantitative estimate of drug-likeness (QED) is 0.440. The highest BCUT2D eigenvalue weighted by atomic mass is 15.3. The van der Waals surface area contributed by atoms with Crippen LogP contribution in [0.3, 0.4) is 0 Å². The second-order valence-corrected chi connectivity index (χ2v) is 6.87. The molecule has 2 rings (SSSR count). The van der Waals surface area contributed by atoms with Crippen LogP contribution in [0.2, 0.25) is 0 Å². The van der Waals surface area contributed by atoms with E-state index in [0.29, 0.717) is 6.04 Å². The van der Waals surface area contributed by atoms with E-state index in [1.54, 1.807) is 0 Å². The maximum absolute atomic E-state index is 4.72. The van der Waals surface area contributed by atoms with Crippen LogP contribution in [0, 0.1) is 19.8 Å². The zero-order valence-electron chi connectivity index (χ0n) is 15.4. The molecular weight excluding hydrogens is 286 g/mol. The molecule has 1 aliphatic rings. The fourth-order valence-electron chi connectivity index (χ4n) is 3.00. The minimum absolute atomic E-state index is 0.331. The highest BCUT2D eigenvalue weighted by Crippen LogP contribution is 2.33. The van der Waals surface area contributed by atoms with Gasteiger partial charge in [0.25, 0.3) is 0 Å². The highest BCUT2D eigenvalue weighted by molar-refractivity contribution is 5.80. The summed E-state index contributed by atoms with van der Waals surface area (Å²) >= 11 is 0. The molecule has 0 bridgehead atoms. The highest BCUT2D eigenvalue weighted by Gasteiger charge is 2.20. The lowest BCUT2D eigenvalue weighted by Crippen LogP contribution is -2.43. The first-order chi connectivity index (χ1) is 11.0. The van der Waals surface area contributed by atoms with Crippen LogP contribution in [-0.4, -0.2) is 34.9 Å². The number of guanidine groups is 1. The van der Waals surface area contributed by atoms with Crippen LogP contribution in [0.25, 0.3) is 0 Å². The summed E-state index contributed by atoms with van der Waals surface area (Å²) in [6, 6.07) is 0.331. The molecule has 1 aromatic rings. The molecule has 0 spiro atoms. The predicted octanol–water partition coefficient (Wildman–Crippen LogP) is 2.71. The fraction of sp³-hybridized carbons (Fsp3) is 0.778. The summed E-state index contributed by atoms with van der Waals surface area (Å²) in [5, 5.41) is 11.4. The molecule has 2 N–H and O–H groups in total. The van der Waals surface area contributed by atoms with Crippen molar-refractivity contribution in [2.45, 2.75) is 65.8 Å². The van der Waals surface area contributed by atoms with Crippen molar-refractivity contribution >= 4 is 5.96 Å². The van der Waals surface area contributed by atoms with E-state index in [1.807, 2.05) is 11.7 Å². The average molecular weight is 319 g/mol. The molecule has 5 heteroatoms. The van der Waals surface area contributed by atoms with Gasteiger partial charge in [-0.3, -0.25) is 9.67 Å². The van der Waals surface area contributed by atoms with E-state index in [2.05, 4.69) is 43.4 Å². The molecule has 130 valence electrons. The van der Waals surface area contributed by atoms with Crippen LogP contribution in [-0.2, 0) is 13.5 Å². The number of aromatic nitrogens is 2. The van der Waals surface area contributed by atoms with E-state index in [1.165, 1.54) is 36.9 Å². The Balaban J connectivity index is 1.85. The van der Waals surface area contributed by atoms with E-state index < -0.39 is 0 Å². The minimum Gasteiger partial charge on any atom is -0.357 e. The third kappa shape index (κ3) is 5.56. The number of hydrogen-bond acceptors (Lipinski definition) is 2. The SMILES string of the molecule is CCNC(=NCCCC1CC1)NC(C)Cc1c(C)nn(C)c1C. The van der Waals surface area contributed by atoms with Gasteiger partial charge < -0.3 is 10.6 Å². The second-order valence-electron chi connectivity index (χ2n) is 6.87. The van der Waals surface area contributed by atoms with E-state index in [-0.39, 0.29) is 0 Å². The van der Waals surface area contributed by atoms with Crippen molar-refractivity contribution in [2.75, 3.05) is 13.1 Å². The third-order valence-electron chi connectivity index (χ3n) is 4.63. The molecule has 1 unspecified atom stereocenters. The molecule has 1 heterocycles. The molecule has 1 atom stereocenters. The van der Waals surface area contributed by atoms with Crippen LogP contribution in [0.1, 0.15) is 56.5 Å². The van der Waals surface area contributed by atoms with Crippen LogP contribution in [0.5, 0.6) is 0 Å². The van der Waals surface area contributed by atoms with Crippen molar-refractivity contribution in [1.82, 2.24) is 20.4 Å². The van der Waals surface area contributed by atoms with Crippen LogP contribution < -0.4 is 10.6 Å². The van der Waals surface area contributed by atoms with Gasteiger partial charge in [-0.15, -0.1) is 0 Å². The number of aryl methyl sites for hydroxylation is 2. The predicted molar refractivity (Wildman–Crippen MR) is 96.9 cm³/mol. The van der Waals surface area contributed by atoms with E-state index >= 15 is 0 Å². The van der Waals surface area contributed by atoms with Crippen molar-refractivity contribution in [1.29, 1.82) is 0 Å². The van der Waals surface area contributed by atoms with E-state index in [0.717, 1.165) is 37.1 Å². The van der Waals surface area contributed by atoms with Crippen molar-refractivity contribution < 1.29 is 0 Å². The summed E-state index contributed by atoms with van der Waals surface area (Å²) in [4.78, 5) is 4.72. The largest absolute Gasteiger partial charge is 0.357 e. The standard InChI is InChI=1S/C18H33N5/c1-6-19-18(20-11-7-8-16-9-10-16)21-13(2)12-17-14(3)22-23(5)15(17)4/h13,16H,6-12H2,1-5H3,(H2,19,20,21). The average Bonchev–Trinajstić information content (AvgIpc) is 3.28. The van der Waals surface area contributed by atoms with Gasteiger partial charge >= 0.3 is 0 Å². The van der Waals surface area contributed by atoms with Crippen LogP contribution in [0.15, 0.2) is 4.99 Å². The van der Waals surface area contributed by atoms with Gasteiger partial charge in [0.2, 0.25) is 0 Å². The molecule has 1 aliphatic carbocycles.